The molecule has 2 heterocycles. The van der Waals surface area contributed by atoms with Gasteiger partial charge in [-0.05, 0) is 11.1 Å². The van der Waals surface area contributed by atoms with Crippen LogP contribution < -0.4 is 11.2 Å². The van der Waals surface area contributed by atoms with Crippen molar-refractivity contribution in [3.63, 3.8) is 0 Å². The normalized spacial score (nSPS) is 23.7. The number of rotatable bonds is 6. The van der Waals surface area contributed by atoms with Gasteiger partial charge in [0.15, 0.2) is 18.4 Å². The molecule has 158 valence electrons. The Bertz CT molecular complexity index is 936. The molecule has 0 unspecified atom stereocenters. The van der Waals surface area contributed by atoms with Crippen molar-refractivity contribution in [2.45, 2.75) is 45.3 Å². The van der Waals surface area contributed by atoms with Gasteiger partial charge in [0.2, 0.25) is 0 Å². The van der Waals surface area contributed by atoms with Crippen LogP contribution in [0.1, 0.15) is 32.6 Å². The fourth-order valence-corrected chi connectivity index (χ4v) is 3.08. The molecule has 1 fully saturated rings. The van der Waals surface area contributed by atoms with Crippen molar-refractivity contribution in [1.29, 1.82) is 0 Å². The van der Waals surface area contributed by atoms with Crippen molar-refractivity contribution in [3.05, 3.63) is 37.6 Å². The van der Waals surface area contributed by atoms with Gasteiger partial charge in [-0.15, -0.1) is 0 Å². The Hall–Kier alpha value is -2.73. The van der Waals surface area contributed by atoms with E-state index in [1.54, 1.807) is 0 Å². The van der Waals surface area contributed by atoms with Crippen molar-refractivity contribution < 1.29 is 33.3 Å². The first-order chi connectivity index (χ1) is 13.6. The van der Waals surface area contributed by atoms with E-state index in [2.05, 4.69) is 20.9 Å². The molecule has 1 N–H and O–H groups in total. The largest absolute Gasteiger partial charge is 0.463 e. The molecule has 11 nitrogen and oxygen atoms in total. The van der Waals surface area contributed by atoms with Crippen molar-refractivity contribution in [2.75, 3.05) is 6.61 Å². The van der Waals surface area contributed by atoms with Crippen LogP contribution >= 0.6 is 15.9 Å². The number of nitrogens with one attached hydrogen (secondary N) is 1. The maximum Gasteiger partial charge on any atom is 0.330 e. The van der Waals surface area contributed by atoms with Gasteiger partial charge in [0.25, 0.3) is 5.56 Å². The fourth-order valence-electron chi connectivity index (χ4n) is 2.79. The second kappa shape index (κ2) is 9.65. The van der Waals surface area contributed by atoms with Gasteiger partial charge in [-0.3, -0.25) is 28.7 Å². The number of carbonyl (C=O) groups excluding carboxylic acids is 3. The quantitative estimate of drug-likeness (QED) is 0.452. The summed E-state index contributed by atoms with van der Waals surface area (Å²) in [5.74, 6) is -2.01. The smallest absolute Gasteiger partial charge is 0.330 e. The molecule has 0 saturated carbocycles. The minimum Gasteiger partial charge on any atom is -0.463 e. The molecule has 1 aliphatic rings. The van der Waals surface area contributed by atoms with Gasteiger partial charge in [0.05, 0.1) is 5.56 Å². The fraction of sp³-hybridized carbons (Fsp3) is 0.471. The summed E-state index contributed by atoms with van der Waals surface area (Å²) < 4.78 is 22.2. The van der Waals surface area contributed by atoms with Crippen LogP contribution in [0.25, 0.3) is 6.08 Å². The van der Waals surface area contributed by atoms with Crippen LogP contribution in [0.3, 0.4) is 0 Å². The van der Waals surface area contributed by atoms with E-state index >= 15 is 0 Å². The zero-order valence-corrected chi connectivity index (χ0v) is 17.3. The minimum absolute atomic E-state index is 0.110. The first-order valence-electron chi connectivity index (χ1n) is 8.39. The van der Waals surface area contributed by atoms with Crippen molar-refractivity contribution in [3.8, 4) is 0 Å². The van der Waals surface area contributed by atoms with Gasteiger partial charge >= 0.3 is 23.6 Å². The Kier molecular flexibility index (Phi) is 7.51. The molecule has 0 bridgehead atoms. The molecule has 0 radical (unpaired) electrons. The lowest BCUT2D eigenvalue weighted by atomic mass is 10.1. The number of aromatic nitrogens is 2. The molecular weight excluding hydrogens is 456 g/mol. The van der Waals surface area contributed by atoms with Gasteiger partial charge in [-0.25, -0.2) is 4.79 Å². The maximum absolute atomic E-state index is 12.4. The van der Waals surface area contributed by atoms with Gasteiger partial charge in [0, 0.05) is 27.0 Å². The van der Waals surface area contributed by atoms with E-state index < -0.39 is 53.7 Å². The van der Waals surface area contributed by atoms with E-state index in [0.717, 1.165) is 18.4 Å². The summed E-state index contributed by atoms with van der Waals surface area (Å²) in [5.41, 5.74) is -1.37. The molecule has 1 aromatic heterocycles. The highest BCUT2D eigenvalue weighted by Gasteiger charge is 2.51. The van der Waals surface area contributed by atoms with E-state index in [1.165, 1.54) is 24.2 Å². The Labute approximate surface area is 172 Å². The van der Waals surface area contributed by atoms with Crippen LogP contribution in [0.2, 0.25) is 0 Å². The first kappa shape index (κ1) is 22.6. The first-order valence-corrected chi connectivity index (χ1v) is 9.31. The van der Waals surface area contributed by atoms with Crippen LogP contribution in [0.5, 0.6) is 0 Å². The lowest BCUT2D eigenvalue weighted by Gasteiger charge is -2.24. The third-order valence-corrected chi connectivity index (χ3v) is 4.12. The van der Waals surface area contributed by atoms with E-state index in [9.17, 15) is 24.0 Å². The Morgan fingerprint density at radius 1 is 1.14 bits per heavy atom. The maximum atomic E-state index is 12.4. The SMILES string of the molecule is CC(=O)OC[C@H]1O[C@@H](n2cc(C=CBr)c(=O)[nH]c2=O)[C@H](OC(C)=O)[C@H]1OC(C)=O. The minimum atomic E-state index is -1.25. The highest BCUT2D eigenvalue weighted by Crippen LogP contribution is 2.33. The number of halogens is 1. The number of ether oxygens (including phenoxy) is 4. The zero-order valence-electron chi connectivity index (χ0n) is 15.7. The monoisotopic (exact) mass is 474 g/mol. The Morgan fingerprint density at radius 3 is 2.31 bits per heavy atom. The molecule has 0 spiro atoms. The molecule has 0 aliphatic carbocycles. The zero-order chi connectivity index (χ0) is 21.7. The summed E-state index contributed by atoms with van der Waals surface area (Å²) in [6, 6.07) is 0. The lowest BCUT2D eigenvalue weighted by Crippen LogP contribution is -2.42. The Balaban J connectivity index is 2.52. The number of esters is 3. The molecule has 1 aromatic rings. The summed E-state index contributed by atoms with van der Waals surface area (Å²) in [4.78, 5) is 62.2. The molecule has 1 saturated heterocycles. The Morgan fingerprint density at radius 2 is 1.76 bits per heavy atom. The number of H-pyrrole nitrogens is 1. The predicted molar refractivity (Wildman–Crippen MR) is 101 cm³/mol. The third kappa shape index (κ3) is 5.64. The summed E-state index contributed by atoms with van der Waals surface area (Å²) in [6.45, 7) is 3.15. The topological polar surface area (TPSA) is 143 Å². The summed E-state index contributed by atoms with van der Waals surface area (Å²) in [7, 11) is 0. The van der Waals surface area contributed by atoms with Gasteiger partial charge < -0.3 is 18.9 Å². The van der Waals surface area contributed by atoms with E-state index in [0.29, 0.717) is 0 Å². The van der Waals surface area contributed by atoms with Crippen LogP contribution in [0.4, 0.5) is 0 Å². The van der Waals surface area contributed by atoms with Gasteiger partial charge in [0.1, 0.15) is 12.7 Å². The molecule has 0 amide bonds. The molecule has 12 heteroatoms. The van der Waals surface area contributed by atoms with Crippen LogP contribution in [0.15, 0.2) is 20.8 Å². The third-order valence-electron chi connectivity index (χ3n) is 3.85. The molecule has 0 aromatic carbocycles. The average Bonchev–Trinajstić information content (AvgIpc) is 2.92. The van der Waals surface area contributed by atoms with Crippen molar-refractivity contribution >= 4 is 39.9 Å². The standard InChI is InChI=1S/C17H19BrN2O9/c1-8(21)26-7-12-13(27-9(2)22)14(28-10(3)23)16(29-12)20-6-11(4-5-18)15(24)19-17(20)25/h4-6,12-14,16H,7H2,1-3H3,(H,19,24,25)/t12-,13+,14-,16-/m1/s1. The summed E-state index contributed by atoms with van der Waals surface area (Å²) >= 11 is 3.04. The van der Waals surface area contributed by atoms with Crippen molar-refractivity contribution in [2.24, 2.45) is 0 Å². The van der Waals surface area contributed by atoms with Crippen LogP contribution in [0, 0.1) is 0 Å². The highest BCUT2D eigenvalue weighted by atomic mass is 79.9. The summed E-state index contributed by atoms with van der Waals surface area (Å²) in [6.07, 6.45) is -2.07. The molecule has 4 atom stereocenters. The number of hydrogen-bond donors (Lipinski definition) is 1. The highest BCUT2D eigenvalue weighted by molar-refractivity contribution is 9.11. The van der Waals surface area contributed by atoms with E-state index in [4.69, 9.17) is 18.9 Å². The summed E-state index contributed by atoms with van der Waals surface area (Å²) in [5, 5.41) is 0. The number of nitrogens with zero attached hydrogens (tertiary/aromatic N) is 1. The van der Waals surface area contributed by atoms with Crippen LogP contribution in [-0.4, -0.2) is 52.4 Å². The predicted octanol–water partition coefficient (Wildman–Crippen LogP) is 0.226. The van der Waals surface area contributed by atoms with Gasteiger partial charge in [-0.2, -0.15) is 0 Å². The van der Waals surface area contributed by atoms with E-state index in [1.807, 2.05) is 0 Å². The number of hydrogen-bond acceptors (Lipinski definition) is 9. The molecule has 2 rings (SSSR count). The average molecular weight is 475 g/mol. The van der Waals surface area contributed by atoms with Gasteiger partial charge in [-0.1, -0.05) is 15.9 Å². The van der Waals surface area contributed by atoms with Crippen molar-refractivity contribution in [1.82, 2.24) is 9.55 Å². The number of carbonyl (C=O) groups is 3. The lowest BCUT2D eigenvalue weighted by molar-refractivity contribution is -0.166. The second-order valence-corrected chi connectivity index (χ2v) is 6.59. The van der Waals surface area contributed by atoms with Crippen LogP contribution in [-0.2, 0) is 33.3 Å². The molecular formula is C17H19BrN2O9. The van der Waals surface area contributed by atoms with E-state index in [-0.39, 0.29) is 12.2 Å². The number of aromatic amines is 1. The second-order valence-electron chi connectivity index (χ2n) is 6.06. The molecule has 29 heavy (non-hydrogen) atoms. The molecule has 1 aliphatic heterocycles.